The number of nitrogens with zero attached hydrogens (tertiary/aromatic N) is 4. The quantitative estimate of drug-likeness (QED) is 0.414. The van der Waals surface area contributed by atoms with Crippen LogP contribution in [0.15, 0.2) is 48.5 Å². The van der Waals surface area contributed by atoms with Crippen molar-refractivity contribution in [3.63, 3.8) is 0 Å². The minimum Gasteiger partial charge on any atom is -0.497 e. The number of anilines is 2. The number of rotatable bonds is 7. The van der Waals surface area contributed by atoms with Crippen LogP contribution < -0.4 is 29.9 Å². The van der Waals surface area contributed by atoms with Gasteiger partial charge in [-0.2, -0.15) is 0 Å². The lowest BCUT2D eigenvalue weighted by Crippen LogP contribution is -2.45. The zero-order valence-electron chi connectivity index (χ0n) is 25.0. The van der Waals surface area contributed by atoms with Gasteiger partial charge >= 0.3 is 0 Å². The number of halogens is 1. The average Bonchev–Trinajstić information content (AvgIpc) is 3.64. The Morgan fingerprint density at radius 3 is 2.30 bits per heavy atom. The fraction of sp³-hybridized carbons (Fsp3) is 0.406. The molecule has 3 fully saturated rings. The number of likely N-dealkylation sites (N-methyl/N-ethyl adjacent to an activating group) is 1. The van der Waals surface area contributed by atoms with Crippen molar-refractivity contribution in [2.75, 3.05) is 44.2 Å². The van der Waals surface area contributed by atoms with Crippen LogP contribution in [0, 0.1) is 12.7 Å². The van der Waals surface area contributed by atoms with Crippen molar-refractivity contribution < 1.29 is 23.5 Å². The lowest BCUT2D eigenvalue weighted by atomic mass is 9.88. The summed E-state index contributed by atoms with van der Waals surface area (Å²) in [5.74, 6) is 0.0719. The minimum atomic E-state index is -1.04. The normalized spacial score (nSPS) is 25.0. The van der Waals surface area contributed by atoms with Crippen LogP contribution in [0.25, 0.3) is 0 Å². The molecule has 11 heteroatoms. The van der Waals surface area contributed by atoms with Crippen molar-refractivity contribution in [2.45, 2.75) is 50.4 Å². The van der Waals surface area contributed by atoms with E-state index >= 15 is 4.39 Å². The second kappa shape index (κ2) is 11.4. The largest absolute Gasteiger partial charge is 0.497 e. The maximum absolute atomic E-state index is 15.8. The molecule has 9 nitrogen and oxygen atoms in total. The lowest BCUT2D eigenvalue weighted by Gasteiger charge is -2.33. The highest BCUT2D eigenvalue weighted by Gasteiger charge is 2.50. The van der Waals surface area contributed by atoms with Crippen LogP contribution in [0.4, 0.5) is 16.0 Å². The molecule has 3 aromatic rings. The Morgan fingerprint density at radius 1 is 1.02 bits per heavy atom. The first-order chi connectivity index (χ1) is 20.6. The second-order valence-electron chi connectivity index (χ2n) is 11.8. The third-order valence-corrected chi connectivity index (χ3v) is 9.63. The third kappa shape index (κ3) is 5.21. The maximum atomic E-state index is 15.8. The van der Waals surface area contributed by atoms with Crippen LogP contribution in [0.1, 0.15) is 40.7 Å². The van der Waals surface area contributed by atoms with Crippen LogP contribution in [-0.2, 0) is 4.79 Å². The molecule has 0 spiro atoms. The number of carbonyl (C=O) groups excluding carboxylic acids is 2. The summed E-state index contributed by atoms with van der Waals surface area (Å²) < 4.78 is 26.7. The number of aromatic nitrogens is 1. The molecule has 3 aliphatic rings. The van der Waals surface area contributed by atoms with E-state index in [1.54, 1.807) is 36.3 Å². The molecule has 1 aromatic heterocycles. The van der Waals surface area contributed by atoms with Gasteiger partial charge in [0.2, 0.25) is 0 Å². The Morgan fingerprint density at radius 2 is 1.70 bits per heavy atom. The van der Waals surface area contributed by atoms with E-state index in [1.807, 2.05) is 32.0 Å². The highest BCUT2D eigenvalue weighted by atomic mass is 31.0. The number of hydrogen-bond acceptors (Lipinski definition) is 7. The topological polar surface area (TPSA) is 87.2 Å². The van der Waals surface area contributed by atoms with Crippen LogP contribution in [0.2, 0.25) is 0 Å². The molecule has 4 heterocycles. The van der Waals surface area contributed by atoms with E-state index < -0.39 is 29.7 Å². The summed E-state index contributed by atoms with van der Waals surface area (Å²) in [5.41, 5.74) is 1.75. The highest BCUT2D eigenvalue weighted by molar-refractivity contribution is 7.27. The summed E-state index contributed by atoms with van der Waals surface area (Å²) in [6.07, 6.45) is 1.06. The number of nitrogens with one attached hydrogen (secondary N) is 1. The van der Waals surface area contributed by atoms with E-state index in [-0.39, 0.29) is 5.91 Å². The van der Waals surface area contributed by atoms with E-state index in [0.717, 1.165) is 30.9 Å². The molecule has 1 unspecified atom stereocenters. The van der Waals surface area contributed by atoms with Gasteiger partial charge in [-0.25, -0.2) is 9.37 Å². The predicted octanol–water partition coefficient (Wildman–Crippen LogP) is 3.26. The summed E-state index contributed by atoms with van der Waals surface area (Å²) in [6.45, 7) is 5.59. The van der Waals surface area contributed by atoms with Gasteiger partial charge in [-0.05, 0) is 50.8 Å². The lowest BCUT2D eigenvalue weighted by molar-refractivity contribution is -0.118. The first kappa shape index (κ1) is 29.3. The summed E-state index contributed by atoms with van der Waals surface area (Å²) in [4.78, 5) is 39.0. The Bertz CT molecular complexity index is 1540. The molecular formula is C32H37FN5O4P. The number of methoxy groups -OCH3 is 2. The van der Waals surface area contributed by atoms with Crippen LogP contribution in [0.5, 0.6) is 11.5 Å². The molecule has 0 aliphatic carbocycles. The van der Waals surface area contributed by atoms with Gasteiger partial charge in [0.15, 0.2) is 0 Å². The molecule has 2 aromatic carbocycles. The monoisotopic (exact) mass is 605 g/mol. The minimum absolute atomic E-state index is 0.325. The number of aryl methyl sites for hydroxylation is 1. The van der Waals surface area contributed by atoms with Crippen LogP contribution in [0.3, 0.4) is 0 Å². The summed E-state index contributed by atoms with van der Waals surface area (Å²) in [7, 11) is 7.76. The summed E-state index contributed by atoms with van der Waals surface area (Å²) in [5, 5.41) is 3.49. The zero-order chi connectivity index (χ0) is 30.6. The summed E-state index contributed by atoms with van der Waals surface area (Å²) >= 11 is 0. The maximum Gasteiger partial charge on any atom is 0.251 e. The van der Waals surface area contributed by atoms with Crippen molar-refractivity contribution in [1.29, 1.82) is 0 Å². The molecule has 2 bridgehead atoms. The SMILES string of the molecule is COc1cc(N2C[C@@H]3C[C@H]2CN3C)nc(N2C(=O)[C@@H](NC(=O)c3ccc(C)cc3)[C@H](c3c(F)cc(OC)cc3P)[C@@H]2C)c1. The van der Waals surface area contributed by atoms with Gasteiger partial charge in [-0.15, -0.1) is 9.24 Å². The molecular weight excluding hydrogens is 568 g/mol. The van der Waals surface area contributed by atoms with Crippen molar-refractivity contribution in [1.82, 2.24) is 15.2 Å². The number of benzene rings is 2. The van der Waals surface area contributed by atoms with Crippen molar-refractivity contribution in [2.24, 2.45) is 0 Å². The first-order valence-corrected chi connectivity index (χ1v) is 15.0. The molecule has 3 saturated heterocycles. The van der Waals surface area contributed by atoms with E-state index in [9.17, 15) is 9.59 Å². The predicted molar refractivity (Wildman–Crippen MR) is 167 cm³/mol. The number of ether oxygens (including phenoxy) is 2. The standard InChI is InChI=1S/C32H37FN5O4P/c1-17-6-8-19(9-7-17)31(39)35-30-28(29-24(33)11-22(41-4)12-25(29)43)18(2)38(32(30)40)27-14-23(42-5)13-26(34-27)37-16-20-10-21(37)15-36(20)3/h6-9,11-14,18,20-21,28,30H,10,15-16,43H2,1-5H3,(H,35,39)/t18-,20-,21-,28-,30-/m0/s1. The van der Waals surface area contributed by atoms with Crippen molar-refractivity contribution in [3.05, 3.63) is 71.0 Å². The van der Waals surface area contributed by atoms with E-state index in [2.05, 4.69) is 31.4 Å². The van der Waals surface area contributed by atoms with Crippen molar-refractivity contribution >= 4 is 38.0 Å². The number of piperazine rings is 1. The Balaban J connectivity index is 1.41. The molecule has 43 heavy (non-hydrogen) atoms. The van der Waals surface area contributed by atoms with Gasteiger partial charge in [0.25, 0.3) is 11.8 Å². The van der Waals surface area contributed by atoms with Gasteiger partial charge in [-0.1, -0.05) is 17.7 Å². The van der Waals surface area contributed by atoms with Gasteiger partial charge < -0.3 is 19.7 Å². The van der Waals surface area contributed by atoms with E-state index in [1.165, 1.54) is 13.2 Å². The highest BCUT2D eigenvalue weighted by Crippen LogP contribution is 2.41. The number of hydrogen-bond donors (Lipinski definition) is 1. The Kier molecular flexibility index (Phi) is 7.77. The molecule has 0 radical (unpaired) electrons. The second-order valence-corrected chi connectivity index (χ2v) is 12.4. The smallest absolute Gasteiger partial charge is 0.251 e. The Hall–Kier alpha value is -3.75. The summed E-state index contributed by atoms with van der Waals surface area (Å²) in [6, 6.07) is 12.9. The van der Waals surface area contributed by atoms with Gasteiger partial charge in [-0.3, -0.25) is 19.4 Å². The number of likely N-dealkylation sites (tertiary alicyclic amines) is 1. The molecule has 1 N–H and O–H groups in total. The molecule has 6 rings (SSSR count). The van der Waals surface area contributed by atoms with Gasteiger partial charge in [0, 0.05) is 66.5 Å². The molecule has 3 aliphatic heterocycles. The van der Waals surface area contributed by atoms with E-state index in [4.69, 9.17) is 14.5 Å². The molecule has 6 atom stereocenters. The number of amides is 2. The third-order valence-electron chi connectivity index (χ3n) is 9.16. The first-order valence-electron chi connectivity index (χ1n) is 14.5. The fourth-order valence-electron chi connectivity index (χ4n) is 6.85. The number of carbonyl (C=O) groups is 2. The Labute approximate surface area is 253 Å². The van der Waals surface area contributed by atoms with Crippen molar-refractivity contribution in [3.8, 4) is 11.5 Å². The zero-order valence-corrected chi connectivity index (χ0v) is 26.2. The average molecular weight is 606 g/mol. The van der Waals surface area contributed by atoms with Crippen LogP contribution >= 0.6 is 9.24 Å². The molecule has 2 amide bonds. The van der Waals surface area contributed by atoms with Gasteiger partial charge in [0.05, 0.1) is 14.2 Å². The van der Waals surface area contributed by atoms with Crippen LogP contribution in [-0.4, -0.2) is 80.2 Å². The van der Waals surface area contributed by atoms with Gasteiger partial charge in [0.1, 0.15) is 35.0 Å². The fourth-order valence-corrected chi connectivity index (χ4v) is 7.34. The number of pyridine rings is 1. The molecule has 226 valence electrons. The van der Waals surface area contributed by atoms with E-state index in [0.29, 0.717) is 45.8 Å². The number of fused-ring (bicyclic) bond motifs is 2. The molecule has 0 saturated carbocycles.